The van der Waals surface area contributed by atoms with E-state index in [9.17, 15) is 4.79 Å². The number of methoxy groups -OCH3 is 2. The van der Waals surface area contributed by atoms with Crippen LogP contribution in [0.3, 0.4) is 0 Å². The van der Waals surface area contributed by atoms with Crippen molar-refractivity contribution in [2.24, 2.45) is 0 Å². The number of benzene rings is 3. The minimum absolute atomic E-state index is 0.281. The zero-order valence-corrected chi connectivity index (χ0v) is 17.2. The number of aromatic nitrogens is 1. The first-order valence-electron chi connectivity index (χ1n) is 9.22. The van der Waals surface area contributed by atoms with Gasteiger partial charge in [-0.05, 0) is 48.0 Å². The van der Waals surface area contributed by atoms with Crippen molar-refractivity contribution >= 4 is 34.3 Å². The third kappa shape index (κ3) is 4.39. The lowest BCUT2D eigenvalue weighted by Crippen LogP contribution is -2.12. The molecule has 7 heteroatoms. The lowest BCUT2D eigenvalue weighted by molar-refractivity contribution is 0.102. The highest BCUT2D eigenvalue weighted by atomic mass is 35.5. The fourth-order valence-electron chi connectivity index (χ4n) is 3.05. The number of hydrogen-bond donors (Lipinski definition) is 1. The summed E-state index contributed by atoms with van der Waals surface area (Å²) in [5, 5.41) is 3.56. The second kappa shape index (κ2) is 8.47. The van der Waals surface area contributed by atoms with Gasteiger partial charge in [-0.2, -0.15) is 0 Å². The van der Waals surface area contributed by atoms with Crippen molar-refractivity contribution in [1.82, 2.24) is 4.98 Å². The van der Waals surface area contributed by atoms with E-state index >= 15 is 0 Å². The Balaban J connectivity index is 1.53. The Hall–Kier alpha value is -3.51. The van der Waals surface area contributed by atoms with Crippen LogP contribution in [0.1, 0.15) is 21.8 Å². The number of fused-ring (bicyclic) bond motifs is 1. The lowest BCUT2D eigenvalue weighted by Gasteiger charge is -2.09. The molecule has 0 aliphatic carbocycles. The molecule has 30 heavy (non-hydrogen) atoms. The molecule has 0 unspecified atom stereocenters. The average Bonchev–Trinajstić information content (AvgIpc) is 3.16. The molecule has 0 aliphatic rings. The van der Waals surface area contributed by atoms with Crippen molar-refractivity contribution in [3.8, 4) is 11.5 Å². The Morgan fingerprint density at radius 3 is 2.37 bits per heavy atom. The van der Waals surface area contributed by atoms with Gasteiger partial charge in [-0.25, -0.2) is 4.98 Å². The topological polar surface area (TPSA) is 73.6 Å². The van der Waals surface area contributed by atoms with E-state index in [0.717, 1.165) is 5.56 Å². The van der Waals surface area contributed by atoms with Gasteiger partial charge in [0.1, 0.15) is 17.0 Å². The zero-order chi connectivity index (χ0) is 21.1. The summed E-state index contributed by atoms with van der Waals surface area (Å²) in [6, 6.07) is 17.9. The van der Waals surface area contributed by atoms with Gasteiger partial charge >= 0.3 is 0 Å². The van der Waals surface area contributed by atoms with Gasteiger partial charge < -0.3 is 19.2 Å². The van der Waals surface area contributed by atoms with E-state index < -0.39 is 0 Å². The number of oxazole rings is 1. The van der Waals surface area contributed by atoms with Crippen LogP contribution in [0.5, 0.6) is 11.5 Å². The number of anilines is 1. The van der Waals surface area contributed by atoms with Crippen molar-refractivity contribution in [2.75, 3.05) is 19.5 Å². The summed E-state index contributed by atoms with van der Waals surface area (Å²) in [7, 11) is 3.08. The minimum atomic E-state index is -0.281. The number of hydrogen-bond acceptors (Lipinski definition) is 5. The highest BCUT2D eigenvalue weighted by molar-refractivity contribution is 6.30. The third-order valence-electron chi connectivity index (χ3n) is 4.57. The van der Waals surface area contributed by atoms with E-state index in [1.807, 2.05) is 24.3 Å². The maximum Gasteiger partial charge on any atom is 0.255 e. The largest absolute Gasteiger partial charge is 0.497 e. The predicted octanol–water partition coefficient (Wildman–Crippen LogP) is 5.34. The van der Waals surface area contributed by atoms with Gasteiger partial charge in [-0.3, -0.25) is 4.79 Å². The number of nitrogens with zero attached hydrogens (tertiary/aromatic N) is 1. The Kier molecular flexibility index (Phi) is 5.59. The molecule has 0 bridgehead atoms. The van der Waals surface area contributed by atoms with Crippen LogP contribution in [-0.4, -0.2) is 25.1 Å². The average molecular weight is 423 g/mol. The van der Waals surface area contributed by atoms with Gasteiger partial charge in [0.2, 0.25) is 0 Å². The summed E-state index contributed by atoms with van der Waals surface area (Å²) in [5.74, 6) is 1.39. The first kappa shape index (κ1) is 19.8. The van der Waals surface area contributed by atoms with Crippen LogP contribution in [0.15, 0.2) is 65.1 Å². The van der Waals surface area contributed by atoms with E-state index in [0.29, 0.717) is 51.2 Å². The smallest absolute Gasteiger partial charge is 0.255 e. The van der Waals surface area contributed by atoms with Crippen LogP contribution in [0.25, 0.3) is 11.1 Å². The Labute approximate surface area is 178 Å². The monoisotopic (exact) mass is 422 g/mol. The normalized spacial score (nSPS) is 10.8. The zero-order valence-electron chi connectivity index (χ0n) is 16.4. The third-order valence-corrected chi connectivity index (χ3v) is 4.82. The standard InChI is InChI=1S/C23H19ClN2O4/c1-28-18-10-15(11-19(13-18)29-2)23(27)25-17-7-8-21-20(12-17)26-22(30-21)9-14-3-5-16(24)6-4-14/h3-8,10-13H,9H2,1-2H3,(H,25,27). The van der Waals surface area contributed by atoms with E-state index in [2.05, 4.69) is 10.3 Å². The van der Waals surface area contributed by atoms with Gasteiger partial charge in [0.05, 0.1) is 14.2 Å². The van der Waals surface area contributed by atoms with Gasteiger partial charge in [0.25, 0.3) is 5.91 Å². The molecule has 152 valence electrons. The van der Waals surface area contributed by atoms with Crippen molar-refractivity contribution in [2.45, 2.75) is 6.42 Å². The predicted molar refractivity (Wildman–Crippen MR) is 116 cm³/mol. The molecule has 0 aliphatic heterocycles. The number of carbonyl (C=O) groups is 1. The number of halogens is 1. The molecule has 3 aromatic carbocycles. The number of carbonyl (C=O) groups excluding carboxylic acids is 1. The lowest BCUT2D eigenvalue weighted by atomic mass is 10.1. The van der Waals surface area contributed by atoms with Crippen molar-refractivity contribution in [1.29, 1.82) is 0 Å². The Morgan fingerprint density at radius 1 is 1.00 bits per heavy atom. The molecule has 0 saturated heterocycles. The number of amides is 1. The molecule has 6 nitrogen and oxygen atoms in total. The molecule has 0 saturated carbocycles. The molecule has 4 aromatic rings. The fourth-order valence-corrected chi connectivity index (χ4v) is 3.17. The first-order chi connectivity index (χ1) is 14.5. The van der Waals surface area contributed by atoms with Crippen LogP contribution >= 0.6 is 11.6 Å². The fraction of sp³-hybridized carbons (Fsp3) is 0.130. The first-order valence-corrected chi connectivity index (χ1v) is 9.60. The van der Waals surface area contributed by atoms with E-state index in [1.54, 1.807) is 36.4 Å². The van der Waals surface area contributed by atoms with Crippen molar-refractivity contribution in [3.05, 3.63) is 82.7 Å². The quantitative estimate of drug-likeness (QED) is 0.454. The molecule has 0 radical (unpaired) electrons. The SMILES string of the molecule is COc1cc(OC)cc(C(=O)Nc2ccc3oc(Cc4ccc(Cl)cc4)nc3c2)c1. The molecule has 1 aromatic heterocycles. The Morgan fingerprint density at radius 2 is 1.70 bits per heavy atom. The van der Waals surface area contributed by atoms with Crippen LogP contribution in [0, 0.1) is 0 Å². The highest BCUT2D eigenvalue weighted by Gasteiger charge is 2.12. The van der Waals surface area contributed by atoms with E-state index in [1.165, 1.54) is 14.2 Å². The molecule has 0 atom stereocenters. The number of rotatable bonds is 6. The molecule has 4 rings (SSSR count). The molecular formula is C23H19ClN2O4. The van der Waals surface area contributed by atoms with E-state index in [4.69, 9.17) is 25.5 Å². The van der Waals surface area contributed by atoms with Crippen LogP contribution in [-0.2, 0) is 6.42 Å². The molecule has 1 N–H and O–H groups in total. The maximum atomic E-state index is 12.7. The van der Waals surface area contributed by atoms with Gasteiger partial charge in [0.15, 0.2) is 11.5 Å². The maximum absolute atomic E-state index is 12.7. The molecular weight excluding hydrogens is 404 g/mol. The minimum Gasteiger partial charge on any atom is -0.497 e. The summed E-state index contributed by atoms with van der Waals surface area (Å²) in [5.41, 5.74) is 3.40. The van der Waals surface area contributed by atoms with Gasteiger partial charge in [0, 0.05) is 28.8 Å². The van der Waals surface area contributed by atoms with Crippen molar-refractivity contribution < 1.29 is 18.7 Å². The number of nitrogens with one attached hydrogen (secondary N) is 1. The second-order valence-electron chi connectivity index (χ2n) is 6.65. The highest BCUT2D eigenvalue weighted by Crippen LogP contribution is 2.25. The summed E-state index contributed by atoms with van der Waals surface area (Å²) < 4.78 is 16.3. The molecule has 1 heterocycles. The summed E-state index contributed by atoms with van der Waals surface area (Å²) >= 11 is 5.93. The van der Waals surface area contributed by atoms with Crippen molar-refractivity contribution in [3.63, 3.8) is 0 Å². The van der Waals surface area contributed by atoms with Gasteiger partial charge in [-0.15, -0.1) is 0 Å². The van der Waals surface area contributed by atoms with Crippen LogP contribution < -0.4 is 14.8 Å². The van der Waals surface area contributed by atoms with Gasteiger partial charge in [-0.1, -0.05) is 23.7 Å². The molecule has 0 spiro atoms. The van der Waals surface area contributed by atoms with E-state index in [-0.39, 0.29) is 5.91 Å². The second-order valence-corrected chi connectivity index (χ2v) is 7.09. The molecule has 0 fully saturated rings. The van der Waals surface area contributed by atoms with Crippen LogP contribution in [0.2, 0.25) is 5.02 Å². The molecule has 1 amide bonds. The summed E-state index contributed by atoms with van der Waals surface area (Å²) in [6.07, 6.45) is 0.553. The number of ether oxygens (including phenoxy) is 2. The van der Waals surface area contributed by atoms with Crippen LogP contribution in [0.4, 0.5) is 5.69 Å². The summed E-state index contributed by atoms with van der Waals surface area (Å²) in [4.78, 5) is 17.2. The summed E-state index contributed by atoms with van der Waals surface area (Å²) in [6.45, 7) is 0. The Bertz CT molecular complexity index is 1180.